The molecule has 2 N–H and O–H groups in total. The van der Waals surface area contributed by atoms with Crippen molar-refractivity contribution >= 4 is 54.5 Å². The minimum atomic E-state index is 0.500. The normalized spacial score (nSPS) is 10.8. The zero-order chi connectivity index (χ0) is 12.5. The van der Waals surface area contributed by atoms with Gasteiger partial charge in [0.05, 0.1) is 6.33 Å². The van der Waals surface area contributed by atoms with Crippen LogP contribution in [0.5, 0.6) is 0 Å². The zero-order valence-corrected chi connectivity index (χ0v) is 12.2. The number of H-pyrrole nitrogens is 1. The van der Waals surface area contributed by atoms with Gasteiger partial charge in [-0.1, -0.05) is 22.0 Å². The van der Waals surface area contributed by atoms with Crippen molar-refractivity contribution in [3.63, 3.8) is 0 Å². The number of halogens is 2. The molecule has 0 saturated carbocycles. The quantitative estimate of drug-likeness (QED) is 0.678. The number of imidazole rings is 1. The van der Waals surface area contributed by atoms with Gasteiger partial charge in [0, 0.05) is 10.2 Å². The largest absolute Gasteiger partial charge is 0.340 e. The number of hydrogen-bond donors (Lipinski definition) is 2. The van der Waals surface area contributed by atoms with E-state index in [1.807, 2.05) is 24.3 Å². The molecule has 0 aliphatic rings. The number of anilines is 2. The van der Waals surface area contributed by atoms with Gasteiger partial charge in [-0.2, -0.15) is 0 Å². The molecular formula is C11H7Br2N5. The highest BCUT2D eigenvalue weighted by atomic mass is 79.9. The third-order valence-corrected chi connectivity index (χ3v) is 3.19. The Morgan fingerprint density at radius 1 is 1.17 bits per heavy atom. The fourth-order valence-electron chi connectivity index (χ4n) is 1.60. The lowest BCUT2D eigenvalue weighted by Gasteiger charge is -2.06. The monoisotopic (exact) mass is 367 g/mol. The molecule has 2 aromatic heterocycles. The van der Waals surface area contributed by atoms with Crippen molar-refractivity contribution in [3.05, 3.63) is 39.8 Å². The van der Waals surface area contributed by atoms with E-state index < -0.39 is 0 Å². The van der Waals surface area contributed by atoms with E-state index in [1.54, 1.807) is 6.33 Å². The maximum absolute atomic E-state index is 4.31. The molecule has 0 radical (unpaired) electrons. The molecule has 0 bridgehead atoms. The summed E-state index contributed by atoms with van der Waals surface area (Å²) < 4.78 is 1.50. The molecule has 1 aromatic carbocycles. The lowest BCUT2D eigenvalue weighted by atomic mass is 10.3. The highest BCUT2D eigenvalue weighted by molar-refractivity contribution is 9.10. The molecule has 90 valence electrons. The van der Waals surface area contributed by atoms with Crippen molar-refractivity contribution in [1.82, 2.24) is 19.9 Å². The van der Waals surface area contributed by atoms with E-state index in [4.69, 9.17) is 0 Å². The second-order valence-electron chi connectivity index (χ2n) is 3.58. The lowest BCUT2D eigenvalue weighted by Crippen LogP contribution is -1.97. The minimum absolute atomic E-state index is 0.500. The summed E-state index contributed by atoms with van der Waals surface area (Å²) in [6.45, 7) is 0. The van der Waals surface area contributed by atoms with Gasteiger partial charge in [0.2, 0.25) is 4.73 Å². The average molecular weight is 369 g/mol. The van der Waals surface area contributed by atoms with Crippen molar-refractivity contribution in [1.29, 1.82) is 0 Å². The van der Waals surface area contributed by atoms with Crippen LogP contribution in [0, 0.1) is 0 Å². The number of hydrogen-bond acceptors (Lipinski definition) is 4. The van der Waals surface area contributed by atoms with Crippen LogP contribution in [-0.4, -0.2) is 19.9 Å². The number of aromatic nitrogens is 4. The van der Waals surface area contributed by atoms with Crippen molar-refractivity contribution < 1.29 is 0 Å². The molecular weight excluding hydrogens is 362 g/mol. The molecule has 0 saturated heterocycles. The lowest BCUT2D eigenvalue weighted by molar-refractivity contribution is 1.14. The molecule has 0 aliphatic carbocycles. The number of nitrogens with zero attached hydrogens (tertiary/aromatic N) is 3. The van der Waals surface area contributed by atoms with E-state index in [-0.39, 0.29) is 0 Å². The summed E-state index contributed by atoms with van der Waals surface area (Å²) in [6, 6.07) is 7.85. The van der Waals surface area contributed by atoms with Gasteiger partial charge in [0.25, 0.3) is 0 Å². The Morgan fingerprint density at radius 2 is 2.06 bits per heavy atom. The highest BCUT2D eigenvalue weighted by Crippen LogP contribution is 2.24. The van der Waals surface area contributed by atoms with Gasteiger partial charge in [-0.05, 0) is 34.1 Å². The summed E-state index contributed by atoms with van der Waals surface area (Å²) in [5, 5.41) is 3.23. The highest BCUT2D eigenvalue weighted by Gasteiger charge is 2.08. The molecule has 2 heterocycles. The molecule has 0 fully saturated rings. The molecule has 3 rings (SSSR count). The Balaban J connectivity index is 2.06. The van der Waals surface area contributed by atoms with Gasteiger partial charge in [-0.15, -0.1) is 0 Å². The first-order valence-corrected chi connectivity index (χ1v) is 6.70. The number of benzene rings is 1. The van der Waals surface area contributed by atoms with Crippen LogP contribution in [0.4, 0.5) is 11.5 Å². The number of fused-ring (bicyclic) bond motifs is 1. The van der Waals surface area contributed by atoms with Gasteiger partial charge in [-0.3, -0.25) is 0 Å². The molecule has 7 heteroatoms. The Hall–Kier alpha value is -1.47. The molecule has 0 amide bonds. The number of aromatic amines is 1. The predicted molar refractivity (Wildman–Crippen MR) is 76.8 cm³/mol. The molecule has 0 atom stereocenters. The van der Waals surface area contributed by atoms with E-state index in [2.05, 4.69) is 57.1 Å². The molecule has 0 aliphatic heterocycles. The summed E-state index contributed by atoms with van der Waals surface area (Å²) in [5.41, 5.74) is 2.33. The third-order valence-electron chi connectivity index (χ3n) is 2.35. The molecule has 0 unspecified atom stereocenters. The van der Waals surface area contributed by atoms with Crippen LogP contribution in [0.15, 0.2) is 39.8 Å². The van der Waals surface area contributed by atoms with Crippen LogP contribution in [0.25, 0.3) is 11.2 Å². The topological polar surface area (TPSA) is 66.5 Å². The Bertz CT molecular complexity index is 709. The van der Waals surface area contributed by atoms with Crippen LogP contribution < -0.4 is 5.32 Å². The summed E-state index contributed by atoms with van der Waals surface area (Å²) in [6.07, 6.45) is 1.60. The maximum Gasteiger partial charge on any atom is 0.200 e. The first-order chi connectivity index (χ1) is 8.72. The predicted octanol–water partition coefficient (Wildman–Crippen LogP) is 3.62. The van der Waals surface area contributed by atoms with E-state index in [0.717, 1.165) is 15.7 Å². The summed E-state index contributed by atoms with van der Waals surface area (Å²) in [5.74, 6) is 0.683. The SMILES string of the molecule is Brc1cccc(Nc2nc(Br)nc3nc[nH]c23)c1. The number of rotatable bonds is 2. The zero-order valence-electron chi connectivity index (χ0n) is 8.98. The molecule has 18 heavy (non-hydrogen) atoms. The summed E-state index contributed by atoms with van der Waals surface area (Å²) >= 11 is 6.70. The molecule has 0 spiro atoms. The summed E-state index contributed by atoms with van der Waals surface area (Å²) in [4.78, 5) is 15.6. The van der Waals surface area contributed by atoms with E-state index in [0.29, 0.717) is 16.2 Å². The average Bonchev–Trinajstić information content (AvgIpc) is 2.77. The second kappa shape index (κ2) is 4.66. The first-order valence-electron chi connectivity index (χ1n) is 5.11. The smallest absolute Gasteiger partial charge is 0.200 e. The van der Waals surface area contributed by atoms with Crippen LogP contribution >= 0.6 is 31.9 Å². The Labute approximate surface area is 119 Å². The molecule has 5 nitrogen and oxygen atoms in total. The Kier molecular flexibility index (Phi) is 3.00. The fourth-order valence-corrected chi connectivity index (χ4v) is 2.34. The molecule has 3 aromatic rings. The van der Waals surface area contributed by atoms with Gasteiger partial charge in [-0.25, -0.2) is 15.0 Å². The van der Waals surface area contributed by atoms with Crippen molar-refractivity contribution in [3.8, 4) is 0 Å². The third kappa shape index (κ3) is 2.23. The van der Waals surface area contributed by atoms with Crippen molar-refractivity contribution in [2.24, 2.45) is 0 Å². The van der Waals surface area contributed by atoms with E-state index >= 15 is 0 Å². The minimum Gasteiger partial charge on any atom is -0.340 e. The van der Waals surface area contributed by atoms with Gasteiger partial charge in [0.15, 0.2) is 11.5 Å². The Morgan fingerprint density at radius 3 is 2.89 bits per heavy atom. The summed E-state index contributed by atoms with van der Waals surface area (Å²) in [7, 11) is 0. The standard InChI is InChI=1S/C11H7Br2N5/c12-6-2-1-3-7(4-6)16-10-8-9(15-5-14-8)17-11(13)18-10/h1-5H,(H2,14,15,16,17,18). The number of nitrogens with one attached hydrogen (secondary N) is 2. The van der Waals surface area contributed by atoms with Crippen molar-refractivity contribution in [2.45, 2.75) is 0 Å². The van der Waals surface area contributed by atoms with Gasteiger partial charge >= 0.3 is 0 Å². The fraction of sp³-hybridized carbons (Fsp3) is 0. The van der Waals surface area contributed by atoms with E-state index in [9.17, 15) is 0 Å². The van der Waals surface area contributed by atoms with Crippen LogP contribution in [0.1, 0.15) is 0 Å². The van der Waals surface area contributed by atoms with Gasteiger partial charge in [0.1, 0.15) is 5.52 Å². The maximum atomic E-state index is 4.31. The second-order valence-corrected chi connectivity index (χ2v) is 5.20. The van der Waals surface area contributed by atoms with Gasteiger partial charge < -0.3 is 10.3 Å². The van der Waals surface area contributed by atoms with E-state index in [1.165, 1.54) is 0 Å². The van der Waals surface area contributed by atoms with Crippen LogP contribution in [-0.2, 0) is 0 Å². The van der Waals surface area contributed by atoms with Crippen molar-refractivity contribution in [2.75, 3.05) is 5.32 Å². The van der Waals surface area contributed by atoms with Crippen LogP contribution in [0.3, 0.4) is 0 Å². The van der Waals surface area contributed by atoms with Crippen LogP contribution in [0.2, 0.25) is 0 Å². The first kappa shape index (κ1) is 11.6.